The SMILES string of the molecule is c1nc(-c2ccc3c(c2)oc2ccccc23)oc#1. The Morgan fingerprint density at radius 3 is 2.72 bits per heavy atom. The molecule has 0 unspecified atom stereocenters. The molecule has 0 fully saturated rings. The fraction of sp³-hybridized carbons (Fsp3) is 0. The lowest BCUT2D eigenvalue weighted by Crippen LogP contribution is -1.76. The van der Waals surface area contributed by atoms with Gasteiger partial charge in [0.1, 0.15) is 17.4 Å². The molecule has 4 aromatic rings. The predicted molar refractivity (Wildman–Crippen MR) is 66.9 cm³/mol. The van der Waals surface area contributed by atoms with Crippen LogP contribution in [0.25, 0.3) is 33.4 Å². The van der Waals surface area contributed by atoms with Gasteiger partial charge < -0.3 is 8.83 Å². The monoisotopic (exact) mass is 233 g/mol. The van der Waals surface area contributed by atoms with Crippen molar-refractivity contribution < 1.29 is 8.83 Å². The Hall–Kier alpha value is -2.73. The number of aromatic nitrogens is 1. The van der Waals surface area contributed by atoms with Crippen LogP contribution in [-0.4, -0.2) is 4.98 Å². The molecule has 0 radical (unpaired) electrons. The van der Waals surface area contributed by atoms with E-state index in [1.165, 1.54) is 0 Å². The molecule has 0 saturated heterocycles. The zero-order valence-electron chi connectivity index (χ0n) is 9.31. The van der Waals surface area contributed by atoms with Crippen LogP contribution in [0.1, 0.15) is 0 Å². The first-order valence-corrected chi connectivity index (χ1v) is 5.58. The van der Waals surface area contributed by atoms with Gasteiger partial charge in [0, 0.05) is 16.3 Å². The summed E-state index contributed by atoms with van der Waals surface area (Å²) >= 11 is 0. The lowest BCUT2D eigenvalue weighted by molar-refractivity contribution is 0.570. The highest BCUT2D eigenvalue weighted by atomic mass is 16.3. The number of fused-ring (bicyclic) bond motifs is 3. The fourth-order valence-electron chi connectivity index (χ4n) is 2.15. The minimum Gasteiger partial charge on any atom is -0.456 e. The van der Waals surface area contributed by atoms with Crippen molar-refractivity contribution in [3.8, 4) is 11.5 Å². The number of hydrogen-bond donors (Lipinski definition) is 0. The van der Waals surface area contributed by atoms with E-state index in [4.69, 9.17) is 8.83 Å². The average molecular weight is 233 g/mol. The Morgan fingerprint density at radius 2 is 1.83 bits per heavy atom. The standard InChI is InChI=1S/C15H7NO2/c1-2-4-13-11(3-1)12-6-5-10(9-14(12)18-13)15-16-7-8-17-15/h1-6,9H. The van der Waals surface area contributed by atoms with Gasteiger partial charge in [-0.05, 0) is 24.3 Å². The lowest BCUT2D eigenvalue weighted by Gasteiger charge is -1.94. The summed E-state index contributed by atoms with van der Waals surface area (Å²) in [7, 11) is 0. The summed E-state index contributed by atoms with van der Waals surface area (Å²) in [5.41, 5.74) is 2.57. The summed E-state index contributed by atoms with van der Waals surface area (Å²) in [6.45, 7) is 0. The maximum atomic E-state index is 5.80. The molecule has 2 heterocycles. The van der Waals surface area contributed by atoms with E-state index in [1.807, 2.05) is 42.5 Å². The third kappa shape index (κ3) is 1.23. The van der Waals surface area contributed by atoms with Crippen molar-refractivity contribution in [1.29, 1.82) is 0 Å². The highest BCUT2D eigenvalue weighted by Crippen LogP contribution is 2.31. The molecule has 0 aliphatic rings. The van der Waals surface area contributed by atoms with Gasteiger partial charge in [0.15, 0.2) is 0 Å². The molecule has 0 aliphatic carbocycles. The first kappa shape index (κ1) is 9.32. The molecule has 0 amide bonds. The van der Waals surface area contributed by atoms with E-state index in [0.717, 1.165) is 27.5 Å². The molecule has 4 rings (SSSR count). The van der Waals surface area contributed by atoms with Crippen LogP contribution >= 0.6 is 0 Å². The summed E-state index contributed by atoms with van der Waals surface area (Å²) < 4.78 is 10.9. The zero-order valence-corrected chi connectivity index (χ0v) is 9.31. The van der Waals surface area contributed by atoms with Gasteiger partial charge in [0.2, 0.25) is 5.89 Å². The number of para-hydroxylation sites is 1. The summed E-state index contributed by atoms with van der Waals surface area (Å²) in [6, 6.07) is 13.9. The van der Waals surface area contributed by atoms with Gasteiger partial charge in [0.05, 0.1) is 6.20 Å². The quantitative estimate of drug-likeness (QED) is 0.501. The van der Waals surface area contributed by atoms with Crippen LogP contribution in [0.3, 0.4) is 0 Å². The van der Waals surface area contributed by atoms with E-state index in [-0.39, 0.29) is 0 Å². The van der Waals surface area contributed by atoms with Gasteiger partial charge in [-0.25, -0.2) is 0 Å². The van der Waals surface area contributed by atoms with Crippen LogP contribution in [-0.2, 0) is 0 Å². The Morgan fingerprint density at radius 1 is 0.944 bits per heavy atom. The van der Waals surface area contributed by atoms with Gasteiger partial charge in [-0.3, -0.25) is 0 Å². The Labute approximate surface area is 103 Å². The minimum atomic E-state index is 0.498. The smallest absolute Gasteiger partial charge is 0.247 e. The van der Waals surface area contributed by atoms with Gasteiger partial charge in [-0.15, -0.1) is 0 Å². The molecule has 0 spiro atoms. The summed E-state index contributed by atoms with van der Waals surface area (Å²) in [4.78, 5) is 3.96. The van der Waals surface area contributed by atoms with Crippen LogP contribution in [0.2, 0.25) is 0 Å². The second kappa shape index (κ2) is 3.38. The Kier molecular flexibility index (Phi) is 1.75. The largest absolute Gasteiger partial charge is 0.456 e. The van der Waals surface area contributed by atoms with Gasteiger partial charge in [-0.1, -0.05) is 18.2 Å². The molecule has 0 saturated carbocycles. The molecule has 3 nitrogen and oxygen atoms in total. The van der Waals surface area contributed by atoms with Crippen LogP contribution < -0.4 is 0 Å². The maximum absolute atomic E-state index is 5.80. The number of furan rings is 1. The maximum Gasteiger partial charge on any atom is 0.247 e. The van der Waals surface area contributed by atoms with Crippen molar-refractivity contribution in [3.63, 3.8) is 0 Å². The van der Waals surface area contributed by atoms with Crippen molar-refractivity contribution in [3.05, 3.63) is 54.9 Å². The number of benzene rings is 2. The van der Waals surface area contributed by atoms with Crippen LogP contribution in [0.5, 0.6) is 0 Å². The molecule has 0 aliphatic heterocycles. The van der Waals surface area contributed by atoms with E-state index >= 15 is 0 Å². The van der Waals surface area contributed by atoms with Gasteiger partial charge >= 0.3 is 0 Å². The first-order valence-electron chi connectivity index (χ1n) is 5.58. The molecule has 18 heavy (non-hydrogen) atoms. The zero-order chi connectivity index (χ0) is 11.9. The molecule has 0 atom stereocenters. The molecule has 2 aromatic carbocycles. The Bertz CT molecular complexity index is 828. The summed E-state index contributed by atoms with van der Waals surface area (Å²) in [5.74, 6) is 0.498. The van der Waals surface area contributed by atoms with Crippen LogP contribution in [0.15, 0.2) is 51.3 Å². The second-order valence-corrected chi connectivity index (χ2v) is 4.04. The van der Waals surface area contributed by atoms with E-state index < -0.39 is 0 Å². The normalized spacial score (nSPS) is 10.9. The average Bonchev–Trinajstić information content (AvgIpc) is 3.05. The lowest BCUT2D eigenvalue weighted by atomic mass is 10.1. The van der Waals surface area contributed by atoms with E-state index in [1.54, 1.807) is 0 Å². The van der Waals surface area contributed by atoms with Gasteiger partial charge in [0.25, 0.3) is 0 Å². The van der Waals surface area contributed by atoms with Crippen molar-refractivity contribution >= 4 is 21.9 Å². The van der Waals surface area contributed by atoms with Crippen LogP contribution in [0, 0.1) is 12.5 Å². The third-order valence-corrected chi connectivity index (χ3v) is 2.98. The van der Waals surface area contributed by atoms with E-state index in [0.29, 0.717) is 5.89 Å². The molecular formula is C15H7NO2. The molecule has 3 heteroatoms. The number of hydrogen-bond acceptors (Lipinski definition) is 3. The Balaban J connectivity index is 2.04. The van der Waals surface area contributed by atoms with Crippen molar-refractivity contribution in [2.24, 2.45) is 0 Å². The summed E-state index contributed by atoms with van der Waals surface area (Å²) in [6.07, 6.45) is 4.99. The van der Waals surface area contributed by atoms with Gasteiger partial charge in [-0.2, -0.15) is 4.98 Å². The minimum absolute atomic E-state index is 0.498. The van der Waals surface area contributed by atoms with Crippen molar-refractivity contribution in [1.82, 2.24) is 4.98 Å². The van der Waals surface area contributed by atoms with Crippen molar-refractivity contribution in [2.75, 3.05) is 0 Å². The predicted octanol–water partition coefficient (Wildman–Crippen LogP) is 3.84. The molecular weight excluding hydrogens is 226 g/mol. The van der Waals surface area contributed by atoms with E-state index in [2.05, 4.69) is 17.4 Å². The number of nitrogens with zero attached hydrogens (tertiary/aromatic N) is 1. The first-order chi connectivity index (χ1) is 8.92. The van der Waals surface area contributed by atoms with Crippen molar-refractivity contribution in [2.45, 2.75) is 0 Å². The van der Waals surface area contributed by atoms with E-state index in [9.17, 15) is 0 Å². The molecule has 2 aromatic heterocycles. The summed E-state index contributed by atoms with van der Waals surface area (Å²) in [5, 5.41) is 2.21. The molecule has 84 valence electrons. The third-order valence-electron chi connectivity index (χ3n) is 2.98. The second-order valence-electron chi connectivity index (χ2n) is 4.04. The molecule has 0 bridgehead atoms. The topological polar surface area (TPSA) is 39.2 Å². The highest BCUT2D eigenvalue weighted by molar-refractivity contribution is 6.05. The molecule has 0 N–H and O–H groups in total. The van der Waals surface area contributed by atoms with Crippen LogP contribution in [0.4, 0.5) is 0 Å². The number of rotatable bonds is 1. The highest BCUT2D eigenvalue weighted by Gasteiger charge is 2.09. The fourth-order valence-corrected chi connectivity index (χ4v) is 2.15.